The van der Waals surface area contributed by atoms with E-state index in [4.69, 9.17) is 10.0 Å². The molecule has 34 heavy (non-hydrogen) atoms. The number of carbonyl (C=O) groups is 1. The van der Waals surface area contributed by atoms with Crippen molar-refractivity contribution in [1.82, 2.24) is 0 Å². The molecule has 0 aliphatic rings. The van der Waals surface area contributed by atoms with Gasteiger partial charge in [-0.05, 0) is 53.3 Å². The molecular weight excluding hydrogens is 465 g/mol. The lowest BCUT2D eigenvalue weighted by atomic mass is 9.79. The second-order valence-electron chi connectivity index (χ2n) is 7.10. The summed E-state index contributed by atoms with van der Waals surface area (Å²) in [5.41, 5.74) is 0.283. The van der Waals surface area contributed by atoms with Crippen LogP contribution in [-0.2, 0) is 17.1 Å². The highest BCUT2D eigenvalue weighted by molar-refractivity contribution is 6.58. The molecule has 3 rings (SSSR count). The zero-order valence-corrected chi connectivity index (χ0v) is 17.9. The molecule has 0 radical (unpaired) electrons. The third-order valence-corrected chi connectivity index (χ3v) is 4.67. The van der Waals surface area contributed by atoms with E-state index < -0.39 is 36.6 Å². The molecule has 0 heterocycles. The molecule has 0 spiro atoms. The summed E-state index contributed by atoms with van der Waals surface area (Å²) in [4.78, 5) is 11.5. The number of hydrogen-bond acceptors (Lipinski definition) is 4. The Bertz CT molecular complexity index is 1140. The van der Waals surface area contributed by atoms with Crippen LogP contribution in [0.1, 0.15) is 27.0 Å². The van der Waals surface area contributed by atoms with Crippen LogP contribution in [0.3, 0.4) is 0 Å². The van der Waals surface area contributed by atoms with Gasteiger partial charge in [-0.2, -0.15) is 26.3 Å². The lowest BCUT2D eigenvalue weighted by Crippen LogP contribution is -2.30. The Balaban J connectivity index is 0.000000270. The molecule has 2 N–H and O–H groups in total. The van der Waals surface area contributed by atoms with Crippen LogP contribution >= 0.6 is 0 Å². The fourth-order valence-corrected chi connectivity index (χ4v) is 2.92. The summed E-state index contributed by atoms with van der Waals surface area (Å²) >= 11 is 0. The summed E-state index contributed by atoms with van der Waals surface area (Å²) < 4.78 is 79.1. The molecule has 0 atom stereocenters. The molecule has 0 fully saturated rings. The molecule has 180 valence electrons. The molecule has 0 amide bonds. The van der Waals surface area contributed by atoms with Gasteiger partial charge in [0, 0.05) is 0 Å². The number of aryl methyl sites for hydroxylation is 1. The van der Waals surface area contributed by atoms with Crippen LogP contribution in [0, 0.1) is 6.92 Å². The predicted octanol–water partition coefficient (Wildman–Crippen LogP) is 4.85. The van der Waals surface area contributed by atoms with E-state index in [1.807, 2.05) is 0 Å². The van der Waals surface area contributed by atoms with Crippen molar-refractivity contribution in [2.24, 2.45) is 0 Å². The number of methoxy groups -OCH3 is 1. The molecule has 0 saturated heterocycles. The van der Waals surface area contributed by atoms with Gasteiger partial charge >= 0.3 is 25.4 Å². The van der Waals surface area contributed by atoms with Crippen LogP contribution in [0.25, 0.3) is 11.1 Å². The first-order valence-electron chi connectivity index (χ1n) is 9.64. The summed E-state index contributed by atoms with van der Waals surface area (Å²) in [6, 6.07) is 13.7. The molecular formula is C23H19BF6O4. The van der Waals surface area contributed by atoms with Crippen LogP contribution in [0.4, 0.5) is 26.3 Å². The topological polar surface area (TPSA) is 66.8 Å². The van der Waals surface area contributed by atoms with Crippen molar-refractivity contribution >= 4 is 18.6 Å². The van der Waals surface area contributed by atoms with E-state index in [0.29, 0.717) is 22.8 Å². The molecule has 0 aliphatic heterocycles. The average Bonchev–Trinajstić information content (AvgIpc) is 2.78. The van der Waals surface area contributed by atoms with Gasteiger partial charge in [-0.25, -0.2) is 4.79 Å². The third-order valence-electron chi connectivity index (χ3n) is 4.67. The van der Waals surface area contributed by atoms with Crippen LogP contribution in [0.15, 0.2) is 66.7 Å². The molecule has 11 heteroatoms. The number of ether oxygens (including phenoxy) is 1. The molecule has 0 bridgehead atoms. The van der Waals surface area contributed by atoms with Gasteiger partial charge in [0.2, 0.25) is 0 Å². The third kappa shape index (κ3) is 7.10. The lowest BCUT2D eigenvalue weighted by Gasteiger charge is -2.11. The second kappa shape index (κ2) is 10.7. The first-order valence-corrected chi connectivity index (χ1v) is 9.64. The Morgan fingerprint density at radius 2 is 1.38 bits per heavy atom. The van der Waals surface area contributed by atoms with Gasteiger partial charge in [-0.1, -0.05) is 42.5 Å². The quantitative estimate of drug-likeness (QED) is 0.317. The van der Waals surface area contributed by atoms with Gasteiger partial charge in [0.25, 0.3) is 0 Å². The van der Waals surface area contributed by atoms with Crippen molar-refractivity contribution in [3.05, 3.63) is 89.0 Å². The molecule has 0 aromatic heterocycles. The van der Waals surface area contributed by atoms with Crippen LogP contribution in [0.5, 0.6) is 0 Å². The van der Waals surface area contributed by atoms with Gasteiger partial charge < -0.3 is 14.8 Å². The van der Waals surface area contributed by atoms with Crippen molar-refractivity contribution < 1.29 is 45.9 Å². The van der Waals surface area contributed by atoms with Gasteiger partial charge in [-0.15, -0.1) is 0 Å². The van der Waals surface area contributed by atoms with Crippen molar-refractivity contribution in [3.8, 4) is 11.1 Å². The fraction of sp³-hybridized carbons (Fsp3) is 0.174. The number of esters is 1. The van der Waals surface area contributed by atoms with E-state index in [0.717, 1.165) is 29.8 Å². The SMILES string of the molecule is COC(=O)c1ccc(C)c(-c2cccc(C(F)(F)F)c2)c1.OB(O)c1cccc(C(F)(F)F)c1. The fourth-order valence-electron chi connectivity index (χ4n) is 2.92. The van der Waals surface area contributed by atoms with E-state index in [2.05, 4.69) is 4.74 Å². The van der Waals surface area contributed by atoms with Crippen molar-refractivity contribution in [2.75, 3.05) is 7.11 Å². The van der Waals surface area contributed by atoms with Crippen LogP contribution in [-0.4, -0.2) is 30.2 Å². The molecule has 0 saturated carbocycles. The van der Waals surface area contributed by atoms with E-state index in [1.165, 1.54) is 25.3 Å². The number of carbonyl (C=O) groups excluding carboxylic acids is 1. The van der Waals surface area contributed by atoms with Gasteiger partial charge in [0.05, 0.1) is 23.8 Å². The summed E-state index contributed by atoms with van der Waals surface area (Å²) in [5.74, 6) is -0.525. The molecule has 4 nitrogen and oxygen atoms in total. The number of rotatable bonds is 3. The zero-order chi connectivity index (χ0) is 25.7. The van der Waals surface area contributed by atoms with Crippen molar-refractivity contribution in [1.29, 1.82) is 0 Å². The van der Waals surface area contributed by atoms with Crippen molar-refractivity contribution in [3.63, 3.8) is 0 Å². The predicted molar refractivity (Wildman–Crippen MR) is 114 cm³/mol. The highest BCUT2D eigenvalue weighted by Crippen LogP contribution is 2.33. The van der Waals surface area contributed by atoms with E-state index in [-0.39, 0.29) is 5.46 Å². The lowest BCUT2D eigenvalue weighted by molar-refractivity contribution is -0.138. The molecule has 0 unspecified atom stereocenters. The van der Waals surface area contributed by atoms with Crippen LogP contribution in [0.2, 0.25) is 0 Å². The van der Waals surface area contributed by atoms with E-state index in [1.54, 1.807) is 25.1 Å². The molecule has 3 aromatic rings. The first kappa shape index (κ1) is 26.9. The highest BCUT2D eigenvalue weighted by Gasteiger charge is 2.31. The number of halogens is 6. The van der Waals surface area contributed by atoms with E-state index >= 15 is 0 Å². The normalized spacial score (nSPS) is 11.4. The standard InChI is InChI=1S/C16H13F3O2.C7H6BF3O2/c1-10-6-7-12(15(20)21-2)9-14(10)11-4-3-5-13(8-11)16(17,18)19;9-7(10,11)5-2-1-3-6(4-5)8(12)13/h3-9H,1-2H3;1-4,12-13H. The molecule has 3 aromatic carbocycles. The Morgan fingerprint density at radius 3 is 1.91 bits per heavy atom. The second-order valence-corrected chi connectivity index (χ2v) is 7.10. The smallest absolute Gasteiger partial charge is 0.465 e. The average molecular weight is 484 g/mol. The van der Waals surface area contributed by atoms with Gasteiger partial charge in [-0.3, -0.25) is 0 Å². The minimum atomic E-state index is -4.45. The first-order chi connectivity index (χ1) is 15.7. The summed E-state index contributed by atoms with van der Waals surface area (Å²) in [6.45, 7) is 1.77. The highest BCUT2D eigenvalue weighted by atomic mass is 19.4. The monoisotopic (exact) mass is 484 g/mol. The van der Waals surface area contributed by atoms with E-state index in [9.17, 15) is 31.1 Å². The maximum atomic E-state index is 12.8. The van der Waals surface area contributed by atoms with Gasteiger partial charge in [0.15, 0.2) is 0 Å². The maximum Gasteiger partial charge on any atom is 0.488 e. The van der Waals surface area contributed by atoms with Gasteiger partial charge in [0.1, 0.15) is 0 Å². The van der Waals surface area contributed by atoms with Crippen LogP contribution < -0.4 is 5.46 Å². The summed E-state index contributed by atoms with van der Waals surface area (Å²) in [7, 11) is -0.617. The minimum absolute atomic E-state index is 0.171. The summed E-state index contributed by atoms with van der Waals surface area (Å²) in [6.07, 6.45) is -8.85. The summed E-state index contributed by atoms with van der Waals surface area (Å²) in [5, 5.41) is 17.2. The van der Waals surface area contributed by atoms with Crippen molar-refractivity contribution in [2.45, 2.75) is 19.3 Å². The Kier molecular flexibility index (Phi) is 8.52. The molecule has 0 aliphatic carbocycles. The Labute approximate surface area is 191 Å². The Morgan fingerprint density at radius 1 is 0.824 bits per heavy atom. The minimum Gasteiger partial charge on any atom is -0.465 e. The largest absolute Gasteiger partial charge is 0.488 e. The zero-order valence-electron chi connectivity index (χ0n) is 17.9. The Hall–Kier alpha value is -3.31. The number of alkyl halides is 6. The number of benzene rings is 3. The number of hydrogen-bond donors (Lipinski definition) is 2. The maximum absolute atomic E-state index is 12.8.